The topological polar surface area (TPSA) is 46.5 Å². The van der Waals surface area contributed by atoms with Gasteiger partial charge in [0.05, 0.1) is 12.5 Å². The summed E-state index contributed by atoms with van der Waals surface area (Å²) in [6.45, 7) is 2.79. The van der Waals surface area contributed by atoms with E-state index in [1.165, 1.54) is 17.7 Å². The lowest BCUT2D eigenvalue weighted by atomic mass is 9.80. The molecule has 2 aromatic carbocycles. The van der Waals surface area contributed by atoms with Crippen LogP contribution in [0.3, 0.4) is 0 Å². The van der Waals surface area contributed by atoms with Crippen molar-refractivity contribution in [3.8, 4) is 5.75 Å². The van der Waals surface area contributed by atoms with Crippen LogP contribution in [-0.4, -0.2) is 17.7 Å². The quantitative estimate of drug-likeness (QED) is 0.902. The Bertz CT molecular complexity index is 799. The number of aliphatic carboxylic acids is 1. The van der Waals surface area contributed by atoms with Crippen LogP contribution in [0, 0.1) is 17.7 Å². The van der Waals surface area contributed by atoms with Crippen molar-refractivity contribution in [3.63, 3.8) is 0 Å². The van der Waals surface area contributed by atoms with Crippen molar-refractivity contribution in [2.45, 2.75) is 31.6 Å². The zero-order valence-electron chi connectivity index (χ0n) is 14.1. The predicted octanol–water partition coefficient (Wildman–Crippen LogP) is 4.37. The molecular formula is C21H21FO3. The summed E-state index contributed by atoms with van der Waals surface area (Å²) in [5, 5.41) is 9.94. The molecule has 1 fully saturated rings. The molecule has 1 saturated carbocycles. The van der Waals surface area contributed by atoms with Crippen LogP contribution in [0.25, 0.3) is 0 Å². The number of benzene rings is 2. The van der Waals surface area contributed by atoms with E-state index >= 15 is 0 Å². The summed E-state index contributed by atoms with van der Waals surface area (Å²) in [6, 6.07) is 12.4. The summed E-state index contributed by atoms with van der Waals surface area (Å²) < 4.78 is 18.8. The molecule has 0 radical (unpaired) electrons. The van der Waals surface area contributed by atoms with Gasteiger partial charge in [-0.3, -0.25) is 4.79 Å². The van der Waals surface area contributed by atoms with Gasteiger partial charge in [-0.1, -0.05) is 31.2 Å². The maximum Gasteiger partial charge on any atom is 0.307 e. The van der Waals surface area contributed by atoms with Crippen LogP contribution in [0.15, 0.2) is 42.5 Å². The molecule has 0 amide bonds. The van der Waals surface area contributed by atoms with E-state index in [2.05, 4.69) is 13.0 Å². The number of fused-ring (bicyclic) bond motifs is 1. The Labute approximate surface area is 146 Å². The minimum absolute atomic E-state index is 0.0338. The third kappa shape index (κ3) is 2.80. The lowest BCUT2D eigenvalue weighted by molar-refractivity contribution is -0.142. The molecule has 1 aliphatic heterocycles. The molecule has 0 aromatic heterocycles. The fraction of sp³-hybridized carbons (Fsp3) is 0.381. The number of halogens is 1. The lowest BCUT2D eigenvalue weighted by Gasteiger charge is -2.23. The standard InChI is InChI=1S/C21H21FO3/c1-12-10-17(14-4-7-18-15(11-14)8-9-25-18)20(21(23)24)19(12)13-2-5-16(22)6-3-13/h2-7,11-12,17,19-20H,8-10H2,1H3,(H,23,24)/t12-,17?,19?,20?/m1/s1. The highest BCUT2D eigenvalue weighted by Crippen LogP contribution is 2.52. The lowest BCUT2D eigenvalue weighted by Crippen LogP contribution is -2.23. The molecule has 4 atom stereocenters. The molecule has 2 aliphatic rings. The van der Waals surface area contributed by atoms with E-state index in [9.17, 15) is 14.3 Å². The number of carboxylic acids is 1. The van der Waals surface area contributed by atoms with Crippen molar-refractivity contribution < 1.29 is 19.0 Å². The highest BCUT2D eigenvalue weighted by Gasteiger charge is 2.46. The highest BCUT2D eigenvalue weighted by molar-refractivity contribution is 5.74. The van der Waals surface area contributed by atoms with Gasteiger partial charge in [-0.05, 0) is 53.1 Å². The van der Waals surface area contributed by atoms with Crippen molar-refractivity contribution in [3.05, 3.63) is 65.0 Å². The second kappa shape index (κ2) is 6.17. The molecule has 4 rings (SSSR count). The van der Waals surface area contributed by atoms with Crippen LogP contribution in [0.2, 0.25) is 0 Å². The van der Waals surface area contributed by atoms with Gasteiger partial charge < -0.3 is 9.84 Å². The number of rotatable bonds is 3. The van der Waals surface area contributed by atoms with E-state index in [1.807, 2.05) is 12.1 Å². The maximum atomic E-state index is 13.3. The summed E-state index contributed by atoms with van der Waals surface area (Å²) >= 11 is 0. The first-order chi connectivity index (χ1) is 12.0. The summed E-state index contributed by atoms with van der Waals surface area (Å²) in [6.07, 6.45) is 1.70. The van der Waals surface area contributed by atoms with E-state index in [1.54, 1.807) is 12.1 Å². The summed E-state index contributed by atoms with van der Waals surface area (Å²) in [4.78, 5) is 12.1. The van der Waals surface area contributed by atoms with Crippen molar-refractivity contribution in [2.24, 2.45) is 11.8 Å². The number of hydrogen-bond donors (Lipinski definition) is 1. The second-order valence-electron chi connectivity index (χ2n) is 7.23. The van der Waals surface area contributed by atoms with Gasteiger partial charge in [-0.2, -0.15) is 0 Å². The van der Waals surface area contributed by atoms with Gasteiger partial charge in [-0.15, -0.1) is 0 Å². The molecule has 2 aromatic rings. The molecule has 0 spiro atoms. The molecule has 0 saturated heterocycles. The van der Waals surface area contributed by atoms with Crippen molar-refractivity contribution in [1.29, 1.82) is 0 Å². The Morgan fingerprint density at radius 1 is 1.16 bits per heavy atom. The van der Waals surface area contributed by atoms with Crippen LogP contribution in [0.4, 0.5) is 4.39 Å². The van der Waals surface area contributed by atoms with Crippen LogP contribution >= 0.6 is 0 Å². The van der Waals surface area contributed by atoms with Gasteiger partial charge in [0.1, 0.15) is 11.6 Å². The average molecular weight is 340 g/mol. The van der Waals surface area contributed by atoms with Gasteiger partial charge in [0.2, 0.25) is 0 Å². The Balaban J connectivity index is 1.71. The zero-order chi connectivity index (χ0) is 17.6. The number of carboxylic acid groups (broad SMARTS) is 1. The van der Waals surface area contributed by atoms with E-state index in [4.69, 9.17) is 4.74 Å². The Kier molecular flexibility index (Phi) is 3.98. The van der Waals surface area contributed by atoms with Gasteiger partial charge in [0, 0.05) is 12.3 Å². The van der Waals surface area contributed by atoms with Gasteiger partial charge in [0.25, 0.3) is 0 Å². The normalized spacial score (nSPS) is 27.8. The molecule has 25 heavy (non-hydrogen) atoms. The van der Waals surface area contributed by atoms with Crippen molar-refractivity contribution in [1.82, 2.24) is 0 Å². The van der Waals surface area contributed by atoms with E-state index < -0.39 is 11.9 Å². The molecule has 130 valence electrons. The Hall–Kier alpha value is -2.36. The van der Waals surface area contributed by atoms with Crippen LogP contribution in [0.1, 0.15) is 41.9 Å². The SMILES string of the molecule is C[C@@H]1CC(c2ccc3c(c2)CCO3)C(C(=O)O)C1c1ccc(F)cc1. The molecule has 1 N–H and O–H groups in total. The first-order valence-corrected chi connectivity index (χ1v) is 8.78. The minimum Gasteiger partial charge on any atom is -0.493 e. The van der Waals surface area contributed by atoms with Crippen LogP contribution < -0.4 is 4.74 Å². The van der Waals surface area contributed by atoms with E-state index in [0.29, 0.717) is 6.61 Å². The maximum absolute atomic E-state index is 13.3. The van der Waals surface area contributed by atoms with Gasteiger partial charge in [0.15, 0.2) is 0 Å². The van der Waals surface area contributed by atoms with Crippen molar-refractivity contribution in [2.75, 3.05) is 6.61 Å². The predicted molar refractivity (Wildman–Crippen MR) is 92.4 cm³/mol. The summed E-state index contributed by atoms with van der Waals surface area (Å²) in [5.41, 5.74) is 3.15. The Morgan fingerprint density at radius 3 is 2.60 bits per heavy atom. The highest BCUT2D eigenvalue weighted by atomic mass is 19.1. The zero-order valence-corrected chi connectivity index (χ0v) is 14.1. The third-order valence-corrected chi connectivity index (χ3v) is 5.74. The van der Waals surface area contributed by atoms with E-state index in [-0.39, 0.29) is 23.6 Å². The summed E-state index contributed by atoms with van der Waals surface area (Å²) in [5.74, 6) is -0.573. The van der Waals surface area contributed by atoms with Crippen molar-refractivity contribution >= 4 is 5.97 Å². The van der Waals surface area contributed by atoms with Gasteiger partial charge >= 0.3 is 5.97 Å². The third-order valence-electron chi connectivity index (χ3n) is 5.74. The van der Waals surface area contributed by atoms with E-state index in [0.717, 1.165) is 29.7 Å². The number of ether oxygens (including phenoxy) is 1. The van der Waals surface area contributed by atoms with Crippen LogP contribution in [0.5, 0.6) is 5.75 Å². The number of carbonyl (C=O) groups is 1. The first kappa shape index (κ1) is 16.1. The molecule has 1 aliphatic carbocycles. The number of hydrogen-bond acceptors (Lipinski definition) is 2. The molecule has 3 nitrogen and oxygen atoms in total. The monoisotopic (exact) mass is 340 g/mol. The first-order valence-electron chi connectivity index (χ1n) is 8.78. The van der Waals surface area contributed by atoms with Gasteiger partial charge in [-0.25, -0.2) is 4.39 Å². The molecule has 3 unspecified atom stereocenters. The minimum atomic E-state index is -0.777. The smallest absolute Gasteiger partial charge is 0.307 e. The van der Waals surface area contributed by atoms with Crippen LogP contribution in [-0.2, 0) is 11.2 Å². The second-order valence-corrected chi connectivity index (χ2v) is 7.23. The molecular weight excluding hydrogens is 319 g/mol. The fourth-order valence-corrected chi connectivity index (χ4v) is 4.63. The Morgan fingerprint density at radius 2 is 1.88 bits per heavy atom. The largest absolute Gasteiger partial charge is 0.493 e. The molecule has 4 heteroatoms. The average Bonchev–Trinajstić information content (AvgIpc) is 3.19. The summed E-state index contributed by atoms with van der Waals surface area (Å²) in [7, 11) is 0. The fourth-order valence-electron chi connectivity index (χ4n) is 4.63. The molecule has 0 bridgehead atoms. The molecule has 1 heterocycles.